The minimum absolute atomic E-state index is 0.0968. The first kappa shape index (κ1) is 12.7. The Balaban J connectivity index is 1.61. The Morgan fingerprint density at radius 1 is 1.10 bits per heavy atom. The number of nitrogens with one attached hydrogen (secondary N) is 1. The van der Waals surface area contributed by atoms with Gasteiger partial charge in [-0.3, -0.25) is 4.79 Å². The molecular weight excluding hydrogens is 250 g/mol. The molecule has 0 aromatic heterocycles. The Bertz CT molecular complexity index is 592. The molecule has 0 bridgehead atoms. The van der Waals surface area contributed by atoms with Crippen LogP contribution in [0.2, 0.25) is 0 Å². The van der Waals surface area contributed by atoms with E-state index in [1.807, 2.05) is 42.5 Å². The van der Waals surface area contributed by atoms with Gasteiger partial charge in [-0.2, -0.15) is 0 Å². The van der Waals surface area contributed by atoms with E-state index >= 15 is 0 Å². The molecule has 0 radical (unpaired) electrons. The number of ether oxygens (including phenoxy) is 1. The Morgan fingerprint density at radius 3 is 2.45 bits per heavy atom. The zero-order valence-electron chi connectivity index (χ0n) is 11.4. The topological polar surface area (TPSA) is 38.3 Å². The maximum absolute atomic E-state index is 12.2. The summed E-state index contributed by atoms with van der Waals surface area (Å²) in [4.78, 5) is 12.2. The van der Waals surface area contributed by atoms with Crippen LogP contribution < -0.4 is 10.1 Å². The standard InChI is InChI=1S/C17H17NO2/c1-20-14-9-7-13(8-10-14)18-17(19)16-11-15(16)12-5-3-2-4-6-12/h2-10,15-16H,11H2,1H3,(H,18,19). The molecule has 1 aliphatic rings. The van der Waals surface area contributed by atoms with E-state index < -0.39 is 0 Å². The van der Waals surface area contributed by atoms with Crippen LogP contribution in [0.15, 0.2) is 54.6 Å². The summed E-state index contributed by atoms with van der Waals surface area (Å²) in [7, 11) is 1.63. The SMILES string of the molecule is COc1ccc(NC(=O)C2CC2c2ccccc2)cc1. The normalized spacial score (nSPS) is 20.2. The first-order chi connectivity index (χ1) is 9.78. The Kier molecular flexibility index (Phi) is 3.42. The average Bonchev–Trinajstić information content (AvgIpc) is 3.29. The summed E-state index contributed by atoms with van der Waals surface area (Å²) >= 11 is 0. The molecule has 0 heterocycles. The predicted octanol–water partition coefficient (Wildman–Crippen LogP) is 3.44. The Labute approximate surface area is 118 Å². The fraction of sp³-hybridized carbons (Fsp3) is 0.235. The van der Waals surface area contributed by atoms with Crippen molar-refractivity contribution in [2.45, 2.75) is 12.3 Å². The van der Waals surface area contributed by atoms with E-state index in [1.165, 1.54) is 5.56 Å². The number of carbonyl (C=O) groups excluding carboxylic acids is 1. The van der Waals surface area contributed by atoms with Gasteiger partial charge in [0, 0.05) is 11.6 Å². The predicted molar refractivity (Wildman–Crippen MR) is 78.9 cm³/mol. The summed E-state index contributed by atoms with van der Waals surface area (Å²) in [5.74, 6) is 1.36. The molecule has 1 N–H and O–H groups in total. The second-order valence-electron chi connectivity index (χ2n) is 5.08. The number of carbonyl (C=O) groups is 1. The third kappa shape index (κ3) is 2.67. The van der Waals surface area contributed by atoms with Gasteiger partial charge < -0.3 is 10.1 Å². The molecule has 3 rings (SSSR count). The van der Waals surface area contributed by atoms with E-state index in [0.717, 1.165) is 17.9 Å². The molecule has 0 aliphatic heterocycles. The molecule has 102 valence electrons. The van der Waals surface area contributed by atoms with Crippen LogP contribution in [0.4, 0.5) is 5.69 Å². The van der Waals surface area contributed by atoms with Gasteiger partial charge in [-0.15, -0.1) is 0 Å². The van der Waals surface area contributed by atoms with Crippen molar-refractivity contribution in [3.8, 4) is 5.75 Å². The molecule has 1 fully saturated rings. The van der Waals surface area contributed by atoms with Gasteiger partial charge in [0.05, 0.1) is 7.11 Å². The molecule has 1 saturated carbocycles. The molecule has 0 spiro atoms. The van der Waals surface area contributed by atoms with Crippen molar-refractivity contribution in [1.82, 2.24) is 0 Å². The summed E-state index contributed by atoms with van der Waals surface area (Å²) < 4.78 is 5.10. The van der Waals surface area contributed by atoms with Crippen molar-refractivity contribution in [1.29, 1.82) is 0 Å². The van der Waals surface area contributed by atoms with Gasteiger partial charge in [-0.25, -0.2) is 0 Å². The second kappa shape index (κ2) is 5.37. The van der Waals surface area contributed by atoms with Crippen molar-refractivity contribution < 1.29 is 9.53 Å². The van der Waals surface area contributed by atoms with Gasteiger partial charge in [0.1, 0.15) is 5.75 Å². The summed E-state index contributed by atoms with van der Waals surface area (Å²) in [6, 6.07) is 17.6. The van der Waals surface area contributed by atoms with Crippen LogP contribution in [0.3, 0.4) is 0 Å². The lowest BCUT2D eigenvalue weighted by Crippen LogP contribution is -2.14. The largest absolute Gasteiger partial charge is 0.497 e. The monoisotopic (exact) mass is 267 g/mol. The number of hydrogen-bond donors (Lipinski definition) is 1. The number of rotatable bonds is 4. The molecule has 2 atom stereocenters. The number of benzene rings is 2. The highest BCUT2D eigenvalue weighted by Gasteiger charge is 2.43. The van der Waals surface area contributed by atoms with Gasteiger partial charge in [0.25, 0.3) is 0 Å². The molecule has 2 unspecified atom stereocenters. The molecular formula is C17H17NO2. The zero-order chi connectivity index (χ0) is 13.9. The van der Waals surface area contributed by atoms with Crippen molar-refractivity contribution in [2.24, 2.45) is 5.92 Å². The van der Waals surface area contributed by atoms with Crippen LogP contribution in [0.25, 0.3) is 0 Å². The van der Waals surface area contributed by atoms with E-state index in [2.05, 4.69) is 17.4 Å². The average molecular weight is 267 g/mol. The maximum atomic E-state index is 12.2. The molecule has 3 nitrogen and oxygen atoms in total. The van der Waals surface area contributed by atoms with E-state index in [-0.39, 0.29) is 11.8 Å². The summed E-state index contributed by atoms with van der Waals surface area (Å²) in [6.07, 6.45) is 0.937. The highest BCUT2D eigenvalue weighted by Crippen LogP contribution is 2.47. The number of methoxy groups -OCH3 is 1. The summed E-state index contributed by atoms with van der Waals surface area (Å²) in [5.41, 5.74) is 2.07. The van der Waals surface area contributed by atoms with Crippen LogP contribution in [-0.2, 0) is 4.79 Å². The van der Waals surface area contributed by atoms with E-state index in [4.69, 9.17) is 4.74 Å². The lowest BCUT2D eigenvalue weighted by Gasteiger charge is -2.06. The van der Waals surface area contributed by atoms with Gasteiger partial charge in [-0.1, -0.05) is 30.3 Å². The van der Waals surface area contributed by atoms with Crippen molar-refractivity contribution in [3.05, 3.63) is 60.2 Å². The van der Waals surface area contributed by atoms with Crippen LogP contribution in [0, 0.1) is 5.92 Å². The number of hydrogen-bond acceptors (Lipinski definition) is 2. The molecule has 2 aromatic rings. The van der Waals surface area contributed by atoms with E-state index in [1.54, 1.807) is 7.11 Å². The third-order valence-electron chi connectivity index (χ3n) is 3.71. The van der Waals surface area contributed by atoms with Crippen LogP contribution in [-0.4, -0.2) is 13.0 Å². The Hall–Kier alpha value is -2.29. The fourth-order valence-electron chi connectivity index (χ4n) is 2.46. The maximum Gasteiger partial charge on any atom is 0.228 e. The quantitative estimate of drug-likeness (QED) is 0.921. The first-order valence-electron chi connectivity index (χ1n) is 6.78. The Morgan fingerprint density at radius 2 is 1.80 bits per heavy atom. The van der Waals surface area contributed by atoms with Crippen molar-refractivity contribution in [2.75, 3.05) is 12.4 Å². The highest BCUT2D eigenvalue weighted by atomic mass is 16.5. The van der Waals surface area contributed by atoms with Gasteiger partial charge in [0.15, 0.2) is 0 Å². The van der Waals surface area contributed by atoms with Crippen molar-refractivity contribution in [3.63, 3.8) is 0 Å². The van der Waals surface area contributed by atoms with Crippen LogP contribution in [0.5, 0.6) is 5.75 Å². The lowest BCUT2D eigenvalue weighted by atomic mass is 10.1. The summed E-state index contributed by atoms with van der Waals surface area (Å²) in [6.45, 7) is 0. The molecule has 1 aliphatic carbocycles. The molecule has 0 saturated heterocycles. The minimum Gasteiger partial charge on any atom is -0.497 e. The van der Waals surface area contributed by atoms with Gasteiger partial charge >= 0.3 is 0 Å². The van der Waals surface area contributed by atoms with Gasteiger partial charge in [-0.05, 0) is 42.2 Å². The molecule has 1 amide bonds. The summed E-state index contributed by atoms with van der Waals surface area (Å²) in [5, 5.41) is 2.96. The zero-order valence-corrected chi connectivity index (χ0v) is 11.4. The van der Waals surface area contributed by atoms with Gasteiger partial charge in [0.2, 0.25) is 5.91 Å². The number of amides is 1. The van der Waals surface area contributed by atoms with Crippen LogP contribution >= 0.6 is 0 Å². The molecule has 3 heteroatoms. The third-order valence-corrected chi connectivity index (χ3v) is 3.71. The molecule has 2 aromatic carbocycles. The van der Waals surface area contributed by atoms with Crippen LogP contribution in [0.1, 0.15) is 17.9 Å². The number of anilines is 1. The smallest absolute Gasteiger partial charge is 0.228 e. The second-order valence-corrected chi connectivity index (χ2v) is 5.08. The minimum atomic E-state index is 0.0968. The lowest BCUT2D eigenvalue weighted by molar-refractivity contribution is -0.117. The van der Waals surface area contributed by atoms with E-state index in [9.17, 15) is 4.79 Å². The highest BCUT2D eigenvalue weighted by molar-refractivity contribution is 5.95. The first-order valence-corrected chi connectivity index (χ1v) is 6.78. The van der Waals surface area contributed by atoms with E-state index in [0.29, 0.717) is 5.92 Å². The molecule has 20 heavy (non-hydrogen) atoms. The fourth-order valence-corrected chi connectivity index (χ4v) is 2.46. The van der Waals surface area contributed by atoms with Crippen molar-refractivity contribution >= 4 is 11.6 Å².